The minimum atomic E-state index is -4.72. The number of alkyl halides is 3. The van der Waals surface area contributed by atoms with E-state index in [-0.39, 0.29) is 30.0 Å². The van der Waals surface area contributed by atoms with Crippen LogP contribution < -0.4 is 5.32 Å². The van der Waals surface area contributed by atoms with E-state index in [1.54, 1.807) is 13.8 Å². The number of hydrogen-bond donors (Lipinski definition) is 1. The molecule has 1 N–H and O–H groups in total. The summed E-state index contributed by atoms with van der Waals surface area (Å²) in [5, 5.41) is 5.90. The summed E-state index contributed by atoms with van der Waals surface area (Å²) in [5.41, 5.74) is 0.532. The number of carbonyl (C=O) groups excluding carboxylic acids is 2. The fourth-order valence-electron chi connectivity index (χ4n) is 2.05. The Morgan fingerprint density at radius 2 is 1.92 bits per heavy atom. The van der Waals surface area contributed by atoms with E-state index < -0.39 is 30.0 Å². The van der Waals surface area contributed by atoms with E-state index in [0.717, 1.165) is 0 Å². The van der Waals surface area contributed by atoms with Gasteiger partial charge in [-0.2, -0.15) is 18.2 Å². The molecule has 1 aromatic heterocycles. The first-order valence-corrected chi connectivity index (χ1v) is 7.68. The van der Waals surface area contributed by atoms with Crippen LogP contribution in [-0.2, 0) is 15.7 Å². The molecule has 140 valence electrons. The number of rotatable bonds is 6. The molecule has 1 unspecified atom stereocenters. The molecule has 2 aromatic rings. The van der Waals surface area contributed by atoms with Crippen molar-refractivity contribution in [2.75, 3.05) is 6.61 Å². The smallest absolute Gasteiger partial charge is 0.466 e. The molecule has 1 aromatic carbocycles. The lowest BCUT2D eigenvalue weighted by Crippen LogP contribution is -2.34. The summed E-state index contributed by atoms with van der Waals surface area (Å²) in [6.45, 7) is 3.60. The Balaban J connectivity index is 2.01. The molecule has 0 saturated carbocycles. The number of nitrogens with one attached hydrogen (secondary N) is 1. The minimum absolute atomic E-state index is 0.0285. The molecule has 1 amide bonds. The van der Waals surface area contributed by atoms with Crippen LogP contribution >= 0.6 is 0 Å². The highest BCUT2D eigenvalue weighted by Crippen LogP contribution is 2.29. The van der Waals surface area contributed by atoms with Gasteiger partial charge in [0, 0.05) is 17.2 Å². The standard InChI is InChI=1S/C16H16F3N3O4/c1-3-25-12(23)8-9(2)20-14(24)11-6-4-10(5-7-11)13-21-15(26-22-13)16(17,18)19/h4-7,9H,3,8H2,1-2H3,(H,20,24). The molecule has 26 heavy (non-hydrogen) atoms. The van der Waals surface area contributed by atoms with Crippen molar-refractivity contribution in [1.29, 1.82) is 0 Å². The molecule has 1 atom stereocenters. The number of aromatic nitrogens is 2. The largest absolute Gasteiger partial charge is 0.471 e. The van der Waals surface area contributed by atoms with E-state index in [4.69, 9.17) is 4.74 Å². The van der Waals surface area contributed by atoms with Gasteiger partial charge in [-0.3, -0.25) is 9.59 Å². The topological polar surface area (TPSA) is 94.3 Å². The first-order valence-electron chi connectivity index (χ1n) is 7.68. The lowest BCUT2D eigenvalue weighted by molar-refractivity contribution is -0.159. The number of benzene rings is 1. The minimum Gasteiger partial charge on any atom is -0.466 e. The van der Waals surface area contributed by atoms with Crippen LogP contribution in [-0.4, -0.2) is 34.7 Å². The first-order chi connectivity index (χ1) is 12.2. The van der Waals surface area contributed by atoms with Crippen LogP contribution in [0.3, 0.4) is 0 Å². The molecular weight excluding hydrogens is 355 g/mol. The first kappa shape index (κ1) is 19.4. The number of amides is 1. The second-order valence-electron chi connectivity index (χ2n) is 5.38. The number of nitrogens with zero attached hydrogens (tertiary/aromatic N) is 2. The molecule has 0 fully saturated rings. The summed E-state index contributed by atoms with van der Waals surface area (Å²) in [5.74, 6) is -2.53. The zero-order valence-electron chi connectivity index (χ0n) is 14.0. The summed E-state index contributed by atoms with van der Waals surface area (Å²) >= 11 is 0. The highest BCUT2D eigenvalue weighted by Gasteiger charge is 2.38. The molecule has 2 rings (SSSR count). The summed E-state index contributed by atoms with van der Waals surface area (Å²) in [7, 11) is 0. The lowest BCUT2D eigenvalue weighted by atomic mass is 10.1. The van der Waals surface area contributed by atoms with Gasteiger partial charge in [0.1, 0.15) is 0 Å². The molecule has 0 radical (unpaired) electrons. The van der Waals surface area contributed by atoms with Crippen LogP contribution in [0.1, 0.15) is 36.5 Å². The summed E-state index contributed by atoms with van der Waals surface area (Å²) < 4.78 is 46.4. The second-order valence-corrected chi connectivity index (χ2v) is 5.38. The molecule has 1 heterocycles. The zero-order valence-corrected chi connectivity index (χ0v) is 14.0. The van der Waals surface area contributed by atoms with Crippen molar-refractivity contribution in [2.45, 2.75) is 32.5 Å². The highest BCUT2D eigenvalue weighted by atomic mass is 19.4. The monoisotopic (exact) mass is 371 g/mol. The van der Waals surface area contributed by atoms with Crippen molar-refractivity contribution in [3.8, 4) is 11.4 Å². The predicted molar refractivity (Wildman–Crippen MR) is 82.9 cm³/mol. The summed E-state index contributed by atoms with van der Waals surface area (Å²) in [4.78, 5) is 26.8. The van der Waals surface area contributed by atoms with Gasteiger partial charge in [0.15, 0.2) is 0 Å². The van der Waals surface area contributed by atoms with Gasteiger partial charge in [-0.15, -0.1) is 0 Å². The summed E-state index contributed by atoms with van der Waals surface area (Å²) in [6.07, 6.45) is -4.69. The zero-order chi connectivity index (χ0) is 19.3. The Morgan fingerprint density at radius 1 is 1.27 bits per heavy atom. The fraction of sp³-hybridized carbons (Fsp3) is 0.375. The quantitative estimate of drug-likeness (QED) is 0.785. The number of halogens is 3. The van der Waals surface area contributed by atoms with Crippen molar-refractivity contribution >= 4 is 11.9 Å². The maximum atomic E-state index is 12.5. The average molecular weight is 371 g/mol. The molecule has 10 heteroatoms. The molecule has 7 nitrogen and oxygen atoms in total. The van der Waals surface area contributed by atoms with Gasteiger partial charge in [0.2, 0.25) is 5.82 Å². The fourth-order valence-corrected chi connectivity index (χ4v) is 2.05. The number of esters is 1. The molecule has 0 saturated heterocycles. The van der Waals surface area contributed by atoms with E-state index in [1.807, 2.05) is 0 Å². The maximum Gasteiger partial charge on any atom is 0.471 e. The third kappa shape index (κ3) is 5.04. The van der Waals surface area contributed by atoms with E-state index in [2.05, 4.69) is 20.0 Å². The van der Waals surface area contributed by atoms with Crippen LogP contribution in [0.25, 0.3) is 11.4 Å². The summed E-state index contributed by atoms with van der Waals surface area (Å²) in [6, 6.07) is 5.18. The van der Waals surface area contributed by atoms with Gasteiger partial charge in [0.25, 0.3) is 5.91 Å². The Kier molecular flexibility index (Phi) is 5.96. The van der Waals surface area contributed by atoms with Gasteiger partial charge in [-0.1, -0.05) is 17.3 Å². The molecule has 0 aliphatic heterocycles. The molecular formula is C16H16F3N3O4. The highest BCUT2D eigenvalue weighted by molar-refractivity contribution is 5.95. The molecule has 0 bridgehead atoms. The number of ether oxygens (including phenoxy) is 1. The third-order valence-corrected chi connectivity index (χ3v) is 3.23. The van der Waals surface area contributed by atoms with Crippen molar-refractivity contribution < 1.29 is 32.0 Å². The van der Waals surface area contributed by atoms with Crippen LogP contribution in [0.2, 0.25) is 0 Å². The van der Waals surface area contributed by atoms with Gasteiger partial charge < -0.3 is 14.6 Å². The average Bonchev–Trinajstić information content (AvgIpc) is 3.05. The second kappa shape index (κ2) is 7.98. The van der Waals surface area contributed by atoms with Crippen LogP contribution in [0, 0.1) is 0 Å². The van der Waals surface area contributed by atoms with Gasteiger partial charge in [-0.25, -0.2) is 0 Å². The Bertz CT molecular complexity index is 772. The van der Waals surface area contributed by atoms with E-state index in [9.17, 15) is 22.8 Å². The van der Waals surface area contributed by atoms with Gasteiger partial charge in [-0.05, 0) is 26.0 Å². The van der Waals surface area contributed by atoms with E-state index in [0.29, 0.717) is 0 Å². The van der Waals surface area contributed by atoms with Crippen molar-refractivity contribution in [2.24, 2.45) is 0 Å². The number of carbonyl (C=O) groups is 2. The van der Waals surface area contributed by atoms with Crippen LogP contribution in [0.15, 0.2) is 28.8 Å². The lowest BCUT2D eigenvalue weighted by Gasteiger charge is -2.13. The molecule has 0 aliphatic rings. The van der Waals surface area contributed by atoms with Gasteiger partial charge >= 0.3 is 18.0 Å². The molecule has 0 spiro atoms. The van der Waals surface area contributed by atoms with Crippen LogP contribution in [0.4, 0.5) is 13.2 Å². The van der Waals surface area contributed by atoms with Crippen molar-refractivity contribution in [3.05, 3.63) is 35.7 Å². The Morgan fingerprint density at radius 3 is 2.46 bits per heavy atom. The van der Waals surface area contributed by atoms with Crippen molar-refractivity contribution in [1.82, 2.24) is 15.5 Å². The van der Waals surface area contributed by atoms with E-state index >= 15 is 0 Å². The van der Waals surface area contributed by atoms with Crippen molar-refractivity contribution in [3.63, 3.8) is 0 Å². The Labute approximate surface area is 146 Å². The SMILES string of the molecule is CCOC(=O)CC(C)NC(=O)c1ccc(-c2noc(C(F)(F)F)n2)cc1. The predicted octanol–water partition coefficient (Wildman–Crippen LogP) is 2.83. The maximum absolute atomic E-state index is 12.5. The normalized spacial score (nSPS) is 12.5. The van der Waals surface area contributed by atoms with Gasteiger partial charge in [0.05, 0.1) is 13.0 Å². The van der Waals surface area contributed by atoms with E-state index in [1.165, 1.54) is 24.3 Å². The number of hydrogen-bond acceptors (Lipinski definition) is 6. The Hall–Kier alpha value is -2.91. The molecule has 0 aliphatic carbocycles. The van der Waals surface area contributed by atoms with Crippen LogP contribution in [0.5, 0.6) is 0 Å². The third-order valence-electron chi connectivity index (χ3n) is 3.23.